The van der Waals surface area contributed by atoms with Gasteiger partial charge in [-0.3, -0.25) is 4.79 Å². The van der Waals surface area contributed by atoms with Crippen molar-refractivity contribution in [3.05, 3.63) is 17.5 Å². The molecule has 1 aromatic rings. The summed E-state index contributed by atoms with van der Waals surface area (Å²) in [4.78, 5) is 17.9. The molecule has 0 unspecified atom stereocenters. The maximum Gasteiger partial charge on any atom is 0.237 e. The van der Waals surface area contributed by atoms with E-state index in [1.165, 1.54) is 24.5 Å². The average Bonchev–Trinajstić information content (AvgIpc) is 2.60. The molecule has 0 aliphatic carbocycles. The lowest BCUT2D eigenvalue weighted by Crippen LogP contribution is -2.07. The van der Waals surface area contributed by atoms with Crippen LogP contribution in [-0.2, 0) is 0 Å². The fourth-order valence-electron chi connectivity index (χ4n) is 0.873. The lowest BCUT2D eigenvalue weighted by atomic mass is 10.3. The van der Waals surface area contributed by atoms with Gasteiger partial charge in [0.15, 0.2) is 5.13 Å². The highest BCUT2D eigenvalue weighted by molar-refractivity contribution is 7.18. The molecule has 0 radical (unpaired) electrons. The third-order valence-electron chi connectivity index (χ3n) is 1.57. The molecule has 1 aromatic heterocycles. The quantitative estimate of drug-likeness (QED) is 0.561. The molecule has 0 bridgehead atoms. The molecule has 76 valence electrons. The molecule has 0 atom stereocenters. The predicted octanol–water partition coefficient (Wildman–Crippen LogP) is 1.59. The zero-order valence-corrected chi connectivity index (χ0v) is 9.22. The van der Waals surface area contributed by atoms with Crippen LogP contribution in [0.25, 0.3) is 0 Å². The molecule has 14 heavy (non-hydrogen) atoms. The number of carbonyl (C=O) groups excluding carboxylic acids is 1. The van der Waals surface area contributed by atoms with E-state index in [1.807, 2.05) is 19.0 Å². The van der Waals surface area contributed by atoms with Crippen LogP contribution in [-0.4, -0.2) is 32.0 Å². The summed E-state index contributed by atoms with van der Waals surface area (Å²) in [5, 5.41) is 0.743. The highest BCUT2D eigenvalue weighted by Crippen LogP contribution is 2.30. The zero-order valence-electron chi connectivity index (χ0n) is 8.40. The molecule has 1 heterocycles. The summed E-state index contributed by atoms with van der Waals surface area (Å²) >= 11 is 1.29. The van der Waals surface area contributed by atoms with Crippen LogP contribution in [0.3, 0.4) is 0 Å². The van der Waals surface area contributed by atoms with E-state index in [4.69, 9.17) is 4.74 Å². The molecule has 0 aliphatic rings. The first kappa shape index (κ1) is 10.7. The molecule has 0 aromatic carbocycles. The summed E-state index contributed by atoms with van der Waals surface area (Å²) < 4.78 is 5.00. The van der Waals surface area contributed by atoms with Crippen LogP contribution in [0.2, 0.25) is 0 Å². The minimum absolute atomic E-state index is 0.160. The van der Waals surface area contributed by atoms with Crippen molar-refractivity contribution >= 4 is 22.3 Å². The molecule has 4 nitrogen and oxygen atoms in total. The second kappa shape index (κ2) is 4.23. The van der Waals surface area contributed by atoms with E-state index < -0.39 is 0 Å². The minimum atomic E-state index is -0.160. The standard InChI is InChI=1S/C9H12N2O2S/c1-5-6(12)7-8(13-4)10-9(14-7)11(2)3/h5H,1H2,2-4H3. The van der Waals surface area contributed by atoms with E-state index in [1.54, 1.807) is 0 Å². The molecule has 5 heteroatoms. The number of nitrogens with zero attached hydrogens (tertiary/aromatic N) is 2. The number of ether oxygens (including phenoxy) is 1. The second-order valence-corrected chi connectivity index (χ2v) is 3.78. The Morgan fingerprint density at radius 2 is 2.29 bits per heavy atom. The highest BCUT2D eigenvalue weighted by atomic mass is 32.1. The number of aromatic nitrogens is 1. The fraction of sp³-hybridized carbons (Fsp3) is 0.333. The van der Waals surface area contributed by atoms with Crippen molar-refractivity contribution < 1.29 is 9.53 Å². The van der Waals surface area contributed by atoms with Crippen molar-refractivity contribution in [2.24, 2.45) is 0 Å². The van der Waals surface area contributed by atoms with Gasteiger partial charge in [0.1, 0.15) is 4.88 Å². The van der Waals surface area contributed by atoms with Crippen molar-refractivity contribution in [3.63, 3.8) is 0 Å². The second-order valence-electron chi connectivity index (χ2n) is 2.80. The summed E-state index contributed by atoms with van der Waals surface area (Å²) in [7, 11) is 5.22. The number of rotatable bonds is 4. The lowest BCUT2D eigenvalue weighted by molar-refractivity contribution is 0.104. The molecular weight excluding hydrogens is 200 g/mol. The Labute approximate surface area is 86.8 Å². The minimum Gasteiger partial charge on any atom is -0.480 e. The van der Waals surface area contributed by atoms with E-state index >= 15 is 0 Å². The molecule has 0 saturated heterocycles. The molecule has 0 N–H and O–H groups in total. The van der Waals surface area contributed by atoms with Crippen molar-refractivity contribution in [3.8, 4) is 5.88 Å². The van der Waals surface area contributed by atoms with Crippen molar-refractivity contribution in [2.45, 2.75) is 0 Å². The van der Waals surface area contributed by atoms with Gasteiger partial charge in [-0.25, -0.2) is 0 Å². The van der Waals surface area contributed by atoms with Gasteiger partial charge in [0.05, 0.1) is 7.11 Å². The fourth-order valence-corrected chi connectivity index (χ4v) is 1.77. The summed E-state index contributed by atoms with van der Waals surface area (Å²) in [6, 6.07) is 0. The van der Waals surface area contributed by atoms with Crippen molar-refractivity contribution in [1.29, 1.82) is 0 Å². The lowest BCUT2D eigenvalue weighted by Gasteiger charge is -2.04. The predicted molar refractivity (Wildman–Crippen MR) is 57.5 cm³/mol. The molecule has 0 saturated carbocycles. The van der Waals surface area contributed by atoms with Gasteiger partial charge in [-0.2, -0.15) is 4.98 Å². The Morgan fingerprint density at radius 1 is 1.64 bits per heavy atom. The third kappa shape index (κ3) is 1.93. The average molecular weight is 212 g/mol. The number of hydrogen-bond acceptors (Lipinski definition) is 5. The molecule has 1 rings (SSSR count). The van der Waals surface area contributed by atoms with Crippen molar-refractivity contribution in [1.82, 2.24) is 4.98 Å². The monoisotopic (exact) mass is 212 g/mol. The van der Waals surface area contributed by atoms with E-state index in [0.29, 0.717) is 10.8 Å². The Balaban J connectivity index is 3.14. The van der Waals surface area contributed by atoms with Crippen LogP contribution in [0.4, 0.5) is 5.13 Å². The maximum absolute atomic E-state index is 11.4. The number of hydrogen-bond donors (Lipinski definition) is 0. The topological polar surface area (TPSA) is 42.4 Å². The van der Waals surface area contributed by atoms with Gasteiger partial charge >= 0.3 is 0 Å². The third-order valence-corrected chi connectivity index (χ3v) is 2.79. The van der Waals surface area contributed by atoms with E-state index in [0.717, 1.165) is 5.13 Å². The number of ketones is 1. The van der Waals surface area contributed by atoms with Crippen molar-refractivity contribution in [2.75, 3.05) is 26.1 Å². The first-order valence-corrected chi connectivity index (χ1v) is 4.80. The number of anilines is 1. The summed E-state index contributed by atoms with van der Waals surface area (Å²) in [6.45, 7) is 3.43. The van der Waals surface area contributed by atoms with E-state index in [-0.39, 0.29) is 5.78 Å². The first-order valence-electron chi connectivity index (χ1n) is 3.99. The molecule has 0 spiro atoms. The first-order chi connectivity index (χ1) is 6.60. The zero-order chi connectivity index (χ0) is 10.7. The summed E-state index contributed by atoms with van der Waals surface area (Å²) in [5.41, 5.74) is 0. The Bertz CT molecular complexity index is 358. The number of methoxy groups -OCH3 is 1. The van der Waals surface area contributed by atoms with Gasteiger partial charge < -0.3 is 9.64 Å². The van der Waals surface area contributed by atoms with Crippen LogP contribution >= 0.6 is 11.3 Å². The molecule has 0 aliphatic heterocycles. The smallest absolute Gasteiger partial charge is 0.237 e. The molecule has 0 amide bonds. The van der Waals surface area contributed by atoms with Crippen LogP contribution in [0.5, 0.6) is 5.88 Å². The van der Waals surface area contributed by atoms with Crippen LogP contribution < -0.4 is 9.64 Å². The highest BCUT2D eigenvalue weighted by Gasteiger charge is 2.17. The summed E-state index contributed by atoms with van der Waals surface area (Å²) in [5.74, 6) is 0.205. The van der Waals surface area contributed by atoms with Gasteiger partial charge in [-0.15, -0.1) is 0 Å². The number of allylic oxidation sites excluding steroid dienone is 1. The molecule has 0 fully saturated rings. The number of thiazole rings is 1. The van der Waals surface area contributed by atoms with E-state index in [2.05, 4.69) is 11.6 Å². The SMILES string of the molecule is C=CC(=O)c1sc(N(C)C)nc1OC. The van der Waals surface area contributed by atoms with Gasteiger partial charge in [-0.1, -0.05) is 17.9 Å². The Morgan fingerprint density at radius 3 is 2.71 bits per heavy atom. The number of carbonyl (C=O) groups is 1. The maximum atomic E-state index is 11.4. The van der Waals surface area contributed by atoms with E-state index in [9.17, 15) is 4.79 Å². The van der Waals surface area contributed by atoms with Crippen LogP contribution in [0.15, 0.2) is 12.7 Å². The van der Waals surface area contributed by atoms with Gasteiger partial charge in [-0.05, 0) is 6.08 Å². The Hall–Kier alpha value is -1.36. The Kier molecular flexibility index (Phi) is 3.24. The van der Waals surface area contributed by atoms with Gasteiger partial charge in [0, 0.05) is 14.1 Å². The molecular formula is C9H12N2O2S. The normalized spacial score (nSPS) is 9.64. The van der Waals surface area contributed by atoms with Crippen LogP contribution in [0.1, 0.15) is 9.67 Å². The van der Waals surface area contributed by atoms with Crippen LogP contribution in [0, 0.1) is 0 Å². The van der Waals surface area contributed by atoms with Gasteiger partial charge in [0.2, 0.25) is 11.7 Å². The largest absolute Gasteiger partial charge is 0.480 e. The van der Waals surface area contributed by atoms with Gasteiger partial charge in [0.25, 0.3) is 0 Å². The summed E-state index contributed by atoms with van der Waals surface area (Å²) in [6.07, 6.45) is 1.26.